The van der Waals surface area contributed by atoms with E-state index in [4.69, 9.17) is 5.73 Å². The van der Waals surface area contributed by atoms with Gasteiger partial charge in [0.25, 0.3) is 0 Å². The number of hydrogen-bond acceptors (Lipinski definition) is 2. The molecule has 0 saturated heterocycles. The maximum atomic E-state index is 11.4. The fourth-order valence-corrected chi connectivity index (χ4v) is 4.98. The van der Waals surface area contributed by atoms with E-state index in [1.807, 2.05) is 24.3 Å². The number of carbonyl (C=O) groups excluding carboxylic acids is 1. The van der Waals surface area contributed by atoms with E-state index in [-0.39, 0.29) is 10.8 Å². The zero-order valence-corrected chi connectivity index (χ0v) is 17.8. The van der Waals surface area contributed by atoms with Gasteiger partial charge in [-0.3, -0.25) is 4.79 Å². The summed E-state index contributed by atoms with van der Waals surface area (Å²) in [6.45, 7) is 11.5. The first-order valence-corrected chi connectivity index (χ1v) is 10.2. The average Bonchev–Trinajstić information content (AvgIpc) is 2.83. The van der Waals surface area contributed by atoms with Gasteiger partial charge in [0.15, 0.2) is 0 Å². The van der Waals surface area contributed by atoms with E-state index >= 15 is 0 Å². The molecule has 0 heterocycles. The minimum Gasteiger partial charge on any atom is -0.384 e. The Labute approximate surface area is 172 Å². The number of carbonyl (C=O) groups is 1. The molecular weight excluding hydrogens is 358 g/mol. The standard InChI is InChI=1S/C26H29NO2/c1-15-25(2,3)21-11-10-19(14-22(21)26(15,4)5)23(28)18-8-6-17-13-20(24(27)29)9-7-16(17)12-18/h6-15,23,28H,1-5H3,(H2,27,29). The van der Waals surface area contributed by atoms with Crippen LogP contribution in [0.5, 0.6) is 0 Å². The fraction of sp³-hybridized carbons (Fsp3) is 0.346. The van der Waals surface area contributed by atoms with E-state index in [1.54, 1.807) is 12.1 Å². The molecule has 2 atom stereocenters. The van der Waals surface area contributed by atoms with E-state index in [1.165, 1.54) is 11.1 Å². The molecule has 3 N–H and O–H groups in total. The van der Waals surface area contributed by atoms with Gasteiger partial charge < -0.3 is 10.8 Å². The molecule has 3 nitrogen and oxygen atoms in total. The highest BCUT2D eigenvalue weighted by molar-refractivity contribution is 5.97. The number of benzene rings is 3. The molecule has 2 unspecified atom stereocenters. The van der Waals surface area contributed by atoms with E-state index in [0.29, 0.717) is 11.5 Å². The molecule has 0 aliphatic heterocycles. The maximum Gasteiger partial charge on any atom is 0.248 e. The minimum atomic E-state index is -0.699. The molecule has 29 heavy (non-hydrogen) atoms. The van der Waals surface area contributed by atoms with Crippen molar-refractivity contribution in [1.82, 2.24) is 0 Å². The average molecular weight is 388 g/mol. The van der Waals surface area contributed by atoms with E-state index in [2.05, 4.69) is 52.8 Å². The highest BCUT2D eigenvalue weighted by Gasteiger charge is 2.48. The molecule has 0 radical (unpaired) electrons. The van der Waals surface area contributed by atoms with Crippen LogP contribution in [-0.2, 0) is 10.8 Å². The minimum absolute atomic E-state index is 0.0586. The summed E-state index contributed by atoms with van der Waals surface area (Å²) in [5.74, 6) is 0.0754. The lowest BCUT2D eigenvalue weighted by Crippen LogP contribution is -2.30. The molecule has 0 saturated carbocycles. The molecule has 0 fully saturated rings. The third kappa shape index (κ3) is 2.96. The number of aliphatic hydroxyl groups is 1. The predicted molar refractivity (Wildman–Crippen MR) is 118 cm³/mol. The lowest BCUT2D eigenvalue weighted by atomic mass is 9.71. The summed E-state index contributed by atoms with van der Waals surface area (Å²) in [6, 6.07) is 17.7. The van der Waals surface area contributed by atoms with Gasteiger partial charge in [-0.25, -0.2) is 0 Å². The van der Waals surface area contributed by atoms with E-state index in [0.717, 1.165) is 21.9 Å². The fourth-order valence-electron chi connectivity index (χ4n) is 4.98. The molecule has 0 bridgehead atoms. The second kappa shape index (κ2) is 6.43. The van der Waals surface area contributed by atoms with Crippen molar-refractivity contribution in [1.29, 1.82) is 0 Å². The monoisotopic (exact) mass is 387 g/mol. The largest absolute Gasteiger partial charge is 0.384 e. The van der Waals surface area contributed by atoms with Crippen LogP contribution < -0.4 is 5.73 Å². The number of fused-ring (bicyclic) bond motifs is 2. The van der Waals surface area contributed by atoms with Crippen LogP contribution >= 0.6 is 0 Å². The molecule has 3 heteroatoms. The molecule has 1 aliphatic carbocycles. The number of aliphatic hydroxyl groups excluding tert-OH is 1. The Kier molecular flexibility index (Phi) is 4.36. The SMILES string of the molecule is CC1C(C)(C)c2ccc(C(O)c3ccc4cc(C(N)=O)ccc4c3)cc2C1(C)C. The third-order valence-electron chi connectivity index (χ3n) is 7.38. The number of primary amides is 1. The van der Waals surface area contributed by atoms with Crippen LogP contribution in [0.3, 0.4) is 0 Å². The van der Waals surface area contributed by atoms with Crippen LogP contribution in [0.1, 0.15) is 73.3 Å². The molecule has 1 aliphatic rings. The van der Waals surface area contributed by atoms with Gasteiger partial charge in [0.05, 0.1) is 0 Å². The Hall–Kier alpha value is -2.65. The first-order chi connectivity index (χ1) is 13.5. The lowest BCUT2D eigenvalue weighted by molar-refractivity contribution is 0.100. The van der Waals surface area contributed by atoms with Gasteiger partial charge >= 0.3 is 0 Å². The summed E-state index contributed by atoms with van der Waals surface area (Å²) in [7, 11) is 0. The van der Waals surface area contributed by atoms with Gasteiger partial charge in [0.1, 0.15) is 6.10 Å². The van der Waals surface area contributed by atoms with Gasteiger partial charge in [-0.15, -0.1) is 0 Å². The van der Waals surface area contributed by atoms with Gasteiger partial charge in [-0.1, -0.05) is 71.0 Å². The van der Waals surface area contributed by atoms with Crippen LogP contribution in [0.25, 0.3) is 10.8 Å². The molecule has 3 aromatic carbocycles. The summed E-state index contributed by atoms with van der Waals surface area (Å²) in [6.07, 6.45) is -0.699. The third-order valence-corrected chi connectivity index (χ3v) is 7.38. The Morgan fingerprint density at radius 2 is 1.41 bits per heavy atom. The summed E-state index contributed by atoms with van der Waals surface area (Å²) in [5, 5.41) is 13.0. The van der Waals surface area contributed by atoms with E-state index < -0.39 is 12.0 Å². The Morgan fingerprint density at radius 3 is 2.10 bits per heavy atom. The Morgan fingerprint density at radius 1 is 0.862 bits per heavy atom. The summed E-state index contributed by atoms with van der Waals surface area (Å²) >= 11 is 0. The van der Waals surface area contributed by atoms with Crippen molar-refractivity contribution < 1.29 is 9.90 Å². The molecule has 0 aromatic heterocycles. The predicted octanol–water partition coefficient (Wildman–Crippen LogP) is 5.23. The van der Waals surface area contributed by atoms with Crippen molar-refractivity contribution in [3.63, 3.8) is 0 Å². The molecule has 0 spiro atoms. The van der Waals surface area contributed by atoms with Gasteiger partial charge in [0, 0.05) is 5.56 Å². The van der Waals surface area contributed by atoms with E-state index in [9.17, 15) is 9.90 Å². The molecule has 1 amide bonds. The number of amides is 1. The van der Waals surface area contributed by atoms with Crippen molar-refractivity contribution in [3.8, 4) is 0 Å². The zero-order valence-electron chi connectivity index (χ0n) is 17.8. The molecule has 4 rings (SSSR count). The smallest absolute Gasteiger partial charge is 0.248 e. The van der Waals surface area contributed by atoms with Crippen LogP contribution in [0.2, 0.25) is 0 Å². The van der Waals surface area contributed by atoms with Crippen LogP contribution in [0.15, 0.2) is 54.6 Å². The second-order valence-corrected chi connectivity index (χ2v) is 9.56. The van der Waals surface area contributed by atoms with Crippen molar-refractivity contribution >= 4 is 16.7 Å². The van der Waals surface area contributed by atoms with Crippen molar-refractivity contribution in [2.24, 2.45) is 11.7 Å². The quantitative estimate of drug-likeness (QED) is 0.647. The highest BCUT2D eigenvalue weighted by atomic mass is 16.3. The van der Waals surface area contributed by atoms with Crippen molar-refractivity contribution in [3.05, 3.63) is 82.4 Å². The first kappa shape index (κ1) is 19.7. The Balaban J connectivity index is 1.74. The first-order valence-electron chi connectivity index (χ1n) is 10.2. The Bertz CT molecular complexity index is 1130. The van der Waals surface area contributed by atoms with Gasteiger partial charge in [0.2, 0.25) is 5.91 Å². The topological polar surface area (TPSA) is 63.3 Å². The van der Waals surface area contributed by atoms with Crippen LogP contribution in [-0.4, -0.2) is 11.0 Å². The zero-order chi connectivity index (χ0) is 21.1. The van der Waals surface area contributed by atoms with Crippen LogP contribution in [0, 0.1) is 5.92 Å². The number of nitrogens with two attached hydrogens (primary N) is 1. The van der Waals surface area contributed by atoms with Gasteiger partial charge in [-0.2, -0.15) is 0 Å². The van der Waals surface area contributed by atoms with Crippen molar-refractivity contribution in [2.45, 2.75) is 51.6 Å². The highest BCUT2D eigenvalue weighted by Crippen LogP contribution is 2.54. The summed E-state index contributed by atoms with van der Waals surface area (Å²) in [4.78, 5) is 11.4. The lowest BCUT2D eigenvalue weighted by Gasteiger charge is -2.32. The molecule has 3 aromatic rings. The maximum absolute atomic E-state index is 11.4. The summed E-state index contributed by atoms with van der Waals surface area (Å²) < 4.78 is 0. The summed E-state index contributed by atoms with van der Waals surface area (Å²) in [5.41, 5.74) is 10.5. The van der Waals surface area contributed by atoms with Crippen molar-refractivity contribution in [2.75, 3.05) is 0 Å². The van der Waals surface area contributed by atoms with Crippen LogP contribution in [0.4, 0.5) is 0 Å². The molecular formula is C26H29NO2. The second-order valence-electron chi connectivity index (χ2n) is 9.56. The normalized spacial score (nSPS) is 20.4. The molecule has 150 valence electrons. The number of hydrogen-bond donors (Lipinski definition) is 2. The van der Waals surface area contributed by atoms with Gasteiger partial charge in [-0.05, 0) is 68.0 Å². The number of rotatable bonds is 3.